The van der Waals surface area contributed by atoms with Crippen molar-refractivity contribution in [2.24, 2.45) is 30.1 Å². The van der Waals surface area contributed by atoms with E-state index in [1.165, 1.54) is 24.5 Å². The number of sulfone groups is 1. The molecule has 2 unspecified atom stereocenters. The highest BCUT2D eigenvalue weighted by Crippen LogP contribution is 2.61. The molecule has 2 atom stereocenters. The third-order valence-corrected chi connectivity index (χ3v) is 9.41. The lowest BCUT2D eigenvalue weighted by Gasteiger charge is -2.57. The Hall–Kier alpha value is -3.07. The third kappa shape index (κ3) is 3.43. The van der Waals surface area contributed by atoms with E-state index in [2.05, 4.69) is 4.98 Å². The van der Waals surface area contributed by atoms with Gasteiger partial charge in [0.05, 0.1) is 10.3 Å². The lowest BCUT2D eigenvalue weighted by Crippen LogP contribution is -2.57. The molecular formula is C26H28N2O6S. The number of nitrogens with one attached hydrogen (secondary N) is 1. The van der Waals surface area contributed by atoms with Crippen LogP contribution in [-0.2, 0) is 21.6 Å². The molecule has 8 nitrogen and oxygen atoms in total. The fourth-order valence-corrected chi connectivity index (χ4v) is 7.64. The van der Waals surface area contributed by atoms with E-state index in [4.69, 9.17) is 8.85 Å². The third-order valence-electron chi connectivity index (χ3n) is 8.30. The van der Waals surface area contributed by atoms with E-state index < -0.39 is 33.8 Å². The maximum atomic E-state index is 12.9. The minimum absolute atomic E-state index is 0.0325. The van der Waals surface area contributed by atoms with Crippen LogP contribution in [0.5, 0.6) is 5.75 Å². The van der Waals surface area contributed by atoms with Crippen molar-refractivity contribution in [1.82, 2.24) is 9.55 Å². The van der Waals surface area contributed by atoms with E-state index in [9.17, 15) is 23.1 Å². The van der Waals surface area contributed by atoms with Crippen LogP contribution in [0.25, 0.3) is 22.0 Å². The summed E-state index contributed by atoms with van der Waals surface area (Å²) in [5.74, 6) is 0.109. The molecule has 0 spiro atoms. The summed E-state index contributed by atoms with van der Waals surface area (Å²) >= 11 is 0. The number of carboxylic acid groups (broad SMARTS) is 1. The molecule has 9 heteroatoms. The fourth-order valence-electron chi connectivity index (χ4n) is 6.99. The molecule has 4 aliphatic carbocycles. The Bertz CT molecular complexity index is 1620. The monoisotopic (exact) mass is 499 g/mol. The Balaban J connectivity index is 1.50. The van der Waals surface area contributed by atoms with Crippen LogP contribution in [0.15, 0.2) is 46.3 Å². The summed E-state index contributed by atoms with van der Waals surface area (Å²) in [6, 6.07) is 6.13. The summed E-state index contributed by atoms with van der Waals surface area (Å²) in [6.07, 6.45) is 7.18. The molecule has 2 aromatic heterocycles. The van der Waals surface area contributed by atoms with Gasteiger partial charge >= 0.3 is 5.97 Å². The van der Waals surface area contributed by atoms with Crippen molar-refractivity contribution >= 4 is 26.7 Å². The highest BCUT2D eigenvalue weighted by Gasteiger charge is 2.59. The molecule has 4 aliphatic rings. The smallest absolute Gasteiger partial charge is 0.309 e. The number of aromatic nitrogens is 2. The molecule has 4 fully saturated rings. The molecule has 1 aromatic carbocycles. The van der Waals surface area contributed by atoms with Crippen molar-refractivity contribution in [2.45, 2.75) is 43.1 Å². The van der Waals surface area contributed by atoms with Gasteiger partial charge in [0.1, 0.15) is 17.4 Å². The van der Waals surface area contributed by atoms with Crippen molar-refractivity contribution in [3.63, 3.8) is 0 Å². The van der Waals surface area contributed by atoms with E-state index in [1.54, 1.807) is 12.1 Å². The van der Waals surface area contributed by atoms with E-state index in [0.717, 1.165) is 19.1 Å². The summed E-state index contributed by atoms with van der Waals surface area (Å²) in [4.78, 5) is 27.9. The van der Waals surface area contributed by atoms with Crippen LogP contribution in [0.3, 0.4) is 0 Å². The predicted octanol–water partition coefficient (Wildman–Crippen LogP) is 3.60. The first kappa shape index (κ1) is 19.2. The Morgan fingerprint density at radius 1 is 1.20 bits per heavy atom. The number of hydrogen-bond donors (Lipinski definition) is 2. The second kappa shape index (κ2) is 7.46. The summed E-state index contributed by atoms with van der Waals surface area (Å²) in [7, 11) is -3.61. The maximum Gasteiger partial charge on any atom is 0.309 e. The van der Waals surface area contributed by atoms with E-state index >= 15 is 0 Å². The Kier molecular flexibility index (Phi) is 4.09. The Labute approximate surface area is 207 Å². The SMILES string of the molecule is [2H]C([2H])([2H])n1cc(-c2cc(S(C)(=O)=O)ccc2OC2C3CC4CC2CC(C(=O)O)(C4)C3)c2cc[nH]c2c1=O. The molecule has 0 amide bonds. The van der Waals surface area contributed by atoms with Gasteiger partial charge in [0.2, 0.25) is 0 Å². The quantitative estimate of drug-likeness (QED) is 0.554. The number of aromatic amines is 1. The van der Waals surface area contributed by atoms with Gasteiger partial charge in [-0.15, -0.1) is 0 Å². The number of ether oxygens (including phenoxy) is 1. The van der Waals surface area contributed by atoms with Crippen LogP contribution in [0.2, 0.25) is 0 Å². The number of carbonyl (C=O) groups is 1. The number of benzene rings is 1. The molecule has 0 aliphatic heterocycles. The highest BCUT2D eigenvalue weighted by atomic mass is 32.2. The fraction of sp³-hybridized carbons (Fsp3) is 0.462. The van der Waals surface area contributed by atoms with E-state index in [1.807, 2.05) is 0 Å². The highest BCUT2D eigenvalue weighted by molar-refractivity contribution is 7.90. The largest absolute Gasteiger partial charge is 0.489 e. The van der Waals surface area contributed by atoms with Gasteiger partial charge in [0.15, 0.2) is 9.84 Å². The van der Waals surface area contributed by atoms with Crippen LogP contribution in [0, 0.1) is 23.2 Å². The van der Waals surface area contributed by atoms with Crippen LogP contribution >= 0.6 is 0 Å². The van der Waals surface area contributed by atoms with Gasteiger partial charge in [-0.2, -0.15) is 0 Å². The van der Waals surface area contributed by atoms with E-state index in [-0.39, 0.29) is 28.4 Å². The molecule has 2 N–H and O–H groups in total. The minimum atomic E-state index is -3.61. The van der Waals surface area contributed by atoms with Crippen LogP contribution in [0.4, 0.5) is 0 Å². The number of pyridine rings is 1. The van der Waals surface area contributed by atoms with Crippen LogP contribution < -0.4 is 10.3 Å². The molecule has 0 saturated heterocycles. The van der Waals surface area contributed by atoms with Gasteiger partial charge in [-0.1, -0.05) is 0 Å². The zero-order valence-corrected chi connectivity index (χ0v) is 20.0. The molecule has 7 rings (SSSR count). The Morgan fingerprint density at radius 3 is 2.60 bits per heavy atom. The first-order chi connectivity index (χ1) is 17.8. The molecule has 35 heavy (non-hydrogen) atoms. The molecule has 3 aromatic rings. The summed E-state index contributed by atoms with van der Waals surface area (Å²) in [5, 5.41) is 10.4. The maximum absolute atomic E-state index is 12.9. The topological polar surface area (TPSA) is 118 Å². The van der Waals surface area contributed by atoms with Crippen LogP contribution in [0.1, 0.15) is 36.2 Å². The van der Waals surface area contributed by atoms with Gasteiger partial charge in [-0.3, -0.25) is 9.59 Å². The second-order valence-electron chi connectivity index (χ2n) is 10.6. The van der Waals surface area contributed by atoms with Crippen molar-refractivity contribution in [1.29, 1.82) is 0 Å². The predicted molar refractivity (Wildman–Crippen MR) is 130 cm³/mol. The molecule has 0 radical (unpaired) electrons. The molecule has 184 valence electrons. The van der Waals surface area contributed by atoms with Gasteiger partial charge in [-0.25, -0.2) is 8.42 Å². The first-order valence-corrected chi connectivity index (χ1v) is 13.6. The number of aliphatic carboxylic acids is 1. The van der Waals surface area contributed by atoms with Gasteiger partial charge < -0.3 is 19.4 Å². The Morgan fingerprint density at radius 2 is 1.94 bits per heavy atom. The van der Waals surface area contributed by atoms with Crippen molar-refractivity contribution < 1.29 is 27.2 Å². The molecule has 4 bridgehead atoms. The number of fused-ring (bicyclic) bond motifs is 1. The van der Waals surface area contributed by atoms with Gasteiger partial charge in [0.25, 0.3) is 5.56 Å². The zero-order valence-electron chi connectivity index (χ0n) is 22.2. The van der Waals surface area contributed by atoms with Crippen molar-refractivity contribution in [3.05, 3.63) is 47.0 Å². The van der Waals surface area contributed by atoms with Crippen LogP contribution in [-0.4, -0.2) is 41.4 Å². The molecule has 4 saturated carbocycles. The average molecular weight is 500 g/mol. The lowest BCUT2D eigenvalue weighted by atomic mass is 9.48. The average Bonchev–Trinajstić information content (AvgIpc) is 3.31. The number of carboxylic acids is 1. The summed E-state index contributed by atoms with van der Waals surface area (Å²) in [6.45, 7) is -2.76. The van der Waals surface area contributed by atoms with Crippen molar-refractivity contribution in [2.75, 3.05) is 6.26 Å². The number of H-pyrrole nitrogens is 1. The van der Waals surface area contributed by atoms with Gasteiger partial charge in [-0.05, 0) is 74.1 Å². The normalized spacial score (nSPS) is 31.2. The number of rotatable bonds is 5. The summed E-state index contributed by atoms with van der Waals surface area (Å²) < 4.78 is 55.8. The first-order valence-electron chi connectivity index (χ1n) is 13.2. The zero-order chi connectivity index (χ0) is 27.2. The summed E-state index contributed by atoms with van der Waals surface area (Å²) in [5.41, 5.74) is -0.616. The second-order valence-corrected chi connectivity index (χ2v) is 12.6. The molecular weight excluding hydrogens is 468 g/mol. The van der Waals surface area contributed by atoms with Gasteiger partial charge in [0, 0.05) is 46.3 Å². The van der Waals surface area contributed by atoms with E-state index in [0.29, 0.717) is 52.0 Å². The number of nitrogens with zero attached hydrogens (tertiary/aromatic N) is 1. The molecule has 2 heterocycles. The lowest BCUT2D eigenvalue weighted by molar-refractivity contribution is -0.175. The minimum Gasteiger partial charge on any atom is -0.489 e. The number of aryl methyl sites for hydroxylation is 1. The van der Waals surface area contributed by atoms with Crippen molar-refractivity contribution in [3.8, 4) is 16.9 Å². The standard InChI is InChI=1S/C26H28N2O6S/c1-28-13-20(18-5-6-27-22(18)24(28)29)19-9-17(35(2,32)33)3-4-21(19)34-23-15-7-14-8-16(23)12-26(10-14,11-15)25(30)31/h3-6,9,13-16,23,27H,7-8,10-12H2,1-2H3,(H,30,31)/i1D3. The number of hydrogen-bond acceptors (Lipinski definition) is 5.